The zero-order chi connectivity index (χ0) is 17.4. The Balaban J connectivity index is 2.47. The number of carbonyl (C=O) groups is 2. The molecule has 0 radical (unpaired) electrons. The lowest BCUT2D eigenvalue weighted by Crippen LogP contribution is -2.50. The second-order valence-electron chi connectivity index (χ2n) is 6.18. The average molecular weight is 314 g/mol. The van der Waals surface area contributed by atoms with Crippen molar-refractivity contribution in [3.8, 4) is 5.69 Å². The minimum Gasteiger partial charge on any atom is -0.480 e. The molecule has 0 atom stereocenters. The molecule has 2 rings (SSSR count). The first-order valence-electron chi connectivity index (χ1n) is 7.44. The number of aliphatic carboxylic acids is 1. The summed E-state index contributed by atoms with van der Waals surface area (Å²) in [5.41, 5.74) is 1.95. The van der Waals surface area contributed by atoms with Gasteiger partial charge >= 0.3 is 5.97 Å². The highest BCUT2D eigenvalue weighted by Crippen LogP contribution is 2.24. The first kappa shape index (κ1) is 16.8. The van der Waals surface area contributed by atoms with Gasteiger partial charge in [0.05, 0.1) is 5.56 Å². The third kappa shape index (κ3) is 2.86. The summed E-state index contributed by atoms with van der Waals surface area (Å²) in [4.78, 5) is 25.4. The molecule has 0 saturated carbocycles. The van der Waals surface area contributed by atoms with Crippen molar-refractivity contribution >= 4 is 11.9 Å². The molecule has 0 unspecified atom stereocenters. The van der Waals surface area contributed by atoms with Crippen molar-refractivity contribution in [1.29, 1.82) is 0 Å². The Hall–Kier alpha value is -2.56. The quantitative estimate of drug-likeness (QED) is 0.943. The van der Waals surface area contributed by atoms with Crippen LogP contribution in [0.25, 0.3) is 5.69 Å². The van der Waals surface area contributed by atoms with Crippen molar-refractivity contribution in [3.05, 3.63) is 53.3 Å². The van der Waals surface area contributed by atoms with Gasteiger partial charge in [0.25, 0.3) is 5.91 Å². The van der Waals surface area contributed by atoms with Crippen LogP contribution < -0.4 is 0 Å². The Morgan fingerprint density at radius 1 is 1.13 bits per heavy atom. The third-order valence-corrected chi connectivity index (χ3v) is 4.34. The van der Waals surface area contributed by atoms with Crippen LogP contribution in [0.1, 0.15) is 35.6 Å². The van der Waals surface area contributed by atoms with Crippen molar-refractivity contribution in [2.24, 2.45) is 0 Å². The number of rotatable bonds is 4. The Morgan fingerprint density at radius 3 is 2.22 bits per heavy atom. The summed E-state index contributed by atoms with van der Waals surface area (Å²) in [5, 5.41) is 9.32. The zero-order valence-electron chi connectivity index (χ0n) is 14.1. The lowest BCUT2D eigenvalue weighted by molar-refractivity contribution is -0.147. The van der Waals surface area contributed by atoms with Crippen LogP contribution in [0.5, 0.6) is 0 Å². The van der Waals surface area contributed by atoms with Crippen LogP contribution in [0.15, 0.2) is 36.4 Å². The van der Waals surface area contributed by atoms with Crippen LogP contribution >= 0.6 is 0 Å². The maximum absolute atomic E-state index is 12.8. The SMILES string of the molecule is Cc1cc(C(=O)N(C)C(C)(C)C(=O)O)c(C)n1-c1ccccc1. The number of para-hydroxylation sites is 1. The molecule has 5 heteroatoms. The number of carbonyl (C=O) groups excluding carboxylic acids is 1. The number of hydrogen-bond donors (Lipinski definition) is 1. The molecule has 0 aliphatic heterocycles. The van der Waals surface area contributed by atoms with Gasteiger partial charge in [-0.05, 0) is 45.9 Å². The maximum atomic E-state index is 12.8. The summed E-state index contributed by atoms with van der Waals surface area (Å²) in [6.45, 7) is 6.83. The van der Waals surface area contributed by atoms with E-state index < -0.39 is 11.5 Å². The van der Waals surface area contributed by atoms with E-state index in [-0.39, 0.29) is 5.91 Å². The number of benzene rings is 1. The molecule has 1 heterocycles. The van der Waals surface area contributed by atoms with Gasteiger partial charge in [0.15, 0.2) is 0 Å². The van der Waals surface area contributed by atoms with E-state index >= 15 is 0 Å². The number of likely N-dealkylation sites (N-methyl/N-ethyl adjacent to an activating group) is 1. The summed E-state index contributed by atoms with van der Waals surface area (Å²) in [6.07, 6.45) is 0. The minimum absolute atomic E-state index is 0.298. The monoisotopic (exact) mass is 314 g/mol. The van der Waals surface area contributed by atoms with E-state index in [1.165, 1.54) is 25.8 Å². The molecule has 1 aromatic heterocycles. The van der Waals surface area contributed by atoms with E-state index in [1.807, 2.05) is 48.7 Å². The first-order valence-corrected chi connectivity index (χ1v) is 7.44. The van der Waals surface area contributed by atoms with Crippen LogP contribution in [0, 0.1) is 13.8 Å². The highest BCUT2D eigenvalue weighted by atomic mass is 16.4. The highest BCUT2D eigenvalue weighted by molar-refractivity contribution is 5.98. The summed E-state index contributed by atoms with van der Waals surface area (Å²) >= 11 is 0. The predicted molar refractivity (Wildman–Crippen MR) is 89.1 cm³/mol. The van der Waals surface area contributed by atoms with Crippen LogP contribution in [-0.2, 0) is 4.79 Å². The number of hydrogen-bond acceptors (Lipinski definition) is 2. The zero-order valence-corrected chi connectivity index (χ0v) is 14.1. The van der Waals surface area contributed by atoms with Gasteiger partial charge in [0.2, 0.25) is 0 Å². The van der Waals surface area contributed by atoms with Crippen molar-refractivity contribution in [1.82, 2.24) is 9.47 Å². The smallest absolute Gasteiger partial charge is 0.329 e. The molecule has 2 aromatic rings. The first-order chi connectivity index (χ1) is 10.7. The number of aryl methyl sites for hydroxylation is 1. The minimum atomic E-state index is -1.27. The van der Waals surface area contributed by atoms with Crippen molar-refractivity contribution in [2.75, 3.05) is 7.05 Å². The van der Waals surface area contributed by atoms with Gasteiger partial charge in [-0.2, -0.15) is 0 Å². The molecular formula is C18H22N2O3. The van der Waals surface area contributed by atoms with Gasteiger partial charge in [0, 0.05) is 24.1 Å². The van der Waals surface area contributed by atoms with E-state index in [0.717, 1.165) is 17.1 Å². The lowest BCUT2D eigenvalue weighted by atomic mass is 10.0. The third-order valence-electron chi connectivity index (χ3n) is 4.34. The molecule has 122 valence electrons. The largest absolute Gasteiger partial charge is 0.480 e. The van der Waals surface area contributed by atoms with E-state index in [9.17, 15) is 14.7 Å². The fourth-order valence-corrected chi connectivity index (χ4v) is 2.53. The molecule has 0 spiro atoms. The Labute approximate surface area is 136 Å². The predicted octanol–water partition coefficient (Wildman–Crippen LogP) is 3.03. The molecule has 0 bridgehead atoms. The summed E-state index contributed by atoms with van der Waals surface area (Å²) in [5.74, 6) is -1.34. The fourth-order valence-electron chi connectivity index (χ4n) is 2.53. The van der Waals surface area contributed by atoms with Crippen LogP contribution in [-0.4, -0.2) is 39.0 Å². The second-order valence-corrected chi connectivity index (χ2v) is 6.18. The van der Waals surface area contributed by atoms with E-state index in [2.05, 4.69) is 0 Å². The van der Waals surface area contributed by atoms with Crippen molar-refractivity contribution in [2.45, 2.75) is 33.2 Å². The van der Waals surface area contributed by atoms with Gasteiger partial charge in [-0.15, -0.1) is 0 Å². The van der Waals surface area contributed by atoms with Gasteiger partial charge in [-0.3, -0.25) is 4.79 Å². The van der Waals surface area contributed by atoms with Gasteiger partial charge in [0.1, 0.15) is 5.54 Å². The molecule has 1 aromatic carbocycles. The normalized spacial score (nSPS) is 11.3. The molecular weight excluding hydrogens is 292 g/mol. The number of carboxylic acid groups (broad SMARTS) is 1. The topological polar surface area (TPSA) is 62.5 Å². The Kier molecular flexibility index (Phi) is 4.32. The lowest BCUT2D eigenvalue weighted by Gasteiger charge is -2.31. The van der Waals surface area contributed by atoms with E-state index in [1.54, 1.807) is 6.07 Å². The Morgan fingerprint density at radius 2 is 1.70 bits per heavy atom. The van der Waals surface area contributed by atoms with Crippen LogP contribution in [0.3, 0.4) is 0 Å². The summed E-state index contributed by atoms with van der Waals surface area (Å²) in [6, 6.07) is 11.6. The fraction of sp³-hybridized carbons (Fsp3) is 0.333. The molecule has 1 amide bonds. The molecule has 23 heavy (non-hydrogen) atoms. The number of aromatic nitrogens is 1. The van der Waals surface area contributed by atoms with Crippen molar-refractivity contribution in [3.63, 3.8) is 0 Å². The van der Waals surface area contributed by atoms with Gasteiger partial charge in [-0.25, -0.2) is 4.79 Å². The van der Waals surface area contributed by atoms with E-state index in [4.69, 9.17) is 0 Å². The number of nitrogens with zero attached hydrogens (tertiary/aromatic N) is 2. The van der Waals surface area contributed by atoms with Gasteiger partial charge < -0.3 is 14.6 Å². The van der Waals surface area contributed by atoms with Crippen LogP contribution in [0.4, 0.5) is 0 Å². The Bertz CT molecular complexity index is 745. The molecule has 0 aliphatic carbocycles. The molecule has 0 aliphatic rings. The number of carboxylic acids is 1. The highest BCUT2D eigenvalue weighted by Gasteiger charge is 2.36. The molecule has 1 N–H and O–H groups in total. The van der Waals surface area contributed by atoms with Crippen LogP contribution in [0.2, 0.25) is 0 Å². The maximum Gasteiger partial charge on any atom is 0.329 e. The van der Waals surface area contributed by atoms with Gasteiger partial charge in [-0.1, -0.05) is 18.2 Å². The average Bonchev–Trinajstić information content (AvgIpc) is 2.81. The van der Waals surface area contributed by atoms with E-state index in [0.29, 0.717) is 5.56 Å². The molecule has 0 fully saturated rings. The number of amides is 1. The summed E-state index contributed by atoms with van der Waals surface area (Å²) < 4.78 is 1.99. The molecule has 5 nitrogen and oxygen atoms in total. The summed E-state index contributed by atoms with van der Waals surface area (Å²) in [7, 11) is 1.52. The van der Waals surface area contributed by atoms with Crippen molar-refractivity contribution < 1.29 is 14.7 Å². The second kappa shape index (κ2) is 5.91. The standard InChI is InChI=1S/C18H22N2O3/c1-12-11-15(16(21)19(5)18(3,4)17(22)23)13(2)20(12)14-9-7-6-8-10-14/h6-11H,1-5H3,(H,22,23). The molecule has 0 saturated heterocycles.